The predicted octanol–water partition coefficient (Wildman–Crippen LogP) is 1.60. The molecule has 2 aromatic heterocycles. The number of hydrogen-bond donors (Lipinski definition) is 1. The fourth-order valence-electron chi connectivity index (χ4n) is 3.49. The number of para-hydroxylation sites is 1. The molecule has 1 N–H and O–H groups in total. The predicted molar refractivity (Wildman–Crippen MR) is 111 cm³/mol. The number of anilines is 1. The zero-order valence-electron chi connectivity index (χ0n) is 16.5. The number of piperazine rings is 1. The van der Waals surface area contributed by atoms with Gasteiger partial charge in [0.25, 0.3) is 5.91 Å². The molecule has 29 heavy (non-hydrogen) atoms. The van der Waals surface area contributed by atoms with Crippen LogP contribution in [0.3, 0.4) is 0 Å². The van der Waals surface area contributed by atoms with Gasteiger partial charge in [-0.3, -0.25) is 9.69 Å². The van der Waals surface area contributed by atoms with Crippen molar-refractivity contribution in [2.45, 2.75) is 13.0 Å². The van der Waals surface area contributed by atoms with Crippen LogP contribution in [0.4, 0.5) is 5.95 Å². The van der Waals surface area contributed by atoms with Crippen LogP contribution in [0.15, 0.2) is 61.1 Å². The quantitative estimate of drug-likeness (QED) is 0.688. The summed E-state index contributed by atoms with van der Waals surface area (Å²) in [7, 11) is 0. The van der Waals surface area contributed by atoms with E-state index in [1.165, 1.54) is 0 Å². The van der Waals surface area contributed by atoms with E-state index < -0.39 is 0 Å². The van der Waals surface area contributed by atoms with Gasteiger partial charge in [0, 0.05) is 57.4 Å². The average molecular weight is 391 g/mol. The molecule has 1 unspecified atom stereocenters. The van der Waals surface area contributed by atoms with E-state index in [2.05, 4.69) is 30.2 Å². The number of nitrogens with zero attached hydrogens (tertiary/aromatic N) is 6. The molecule has 0 aliphatic carbocycles. The third-order valence-electron chi connectivity index (χ3n) is 4.96. The van der Waals surface area contributed by atoms with Gasteiger partial charge in [-0.25, -0.2) is 14.6 Å². The van der Waals surface area contributed by atoms with Gasteiger partial charge < -0.3 is 10.2 Å². The summed E-state index contributed by atoms with van der Waals surface area (Å²) in [5.41, 5.74) is 1.35. The SMILES string of the molecule is CC(CN1CCN(c2ncccn2)CC1)NC(=O)c1ccn(-c2ccccc2)n1. The average Bonchev–Trinajstić information content (AvgIpc) is 3.26. The molecule has 1 atom stereocenters. The maximum absolute atomic E-state index is 12.5. The Morgan fingerprint density at radius 1 is 1.03 bits per heavy atom. The molecule has 3 aromatic rings. The first-order chi connectivity index (χ1) is 14.2. The van der Waals surface area contributed by atoms with Crippen molar-refractivity contribution >= 4 is 11.9 Å². The van der Waals surface area contributed by atoms with Gasteiger partial charge in [0.15, 0.2) is 5.69 Å². The number of benzene rings is 1. The van der Waals surface area contributed by atoms with Crippen LogP contribution in [0.1, 0.15) is 17.4 Å². The molecule has 150 valence electrons. The van der Waals surface area contributed by atoms with E-state index in [9.17, 15) is 4.79 Å². The monoisotopic (exact) mass is 391 g/mol. The van der Waals surface area contributed by atoms with E-state index >= 15 is 0 Å². The van der Waals surface area contributed by atoms with E-state index in [0.717, 1.165) is 44.4 Å². The molecular formula is C21H25N7O. The minimum atomic E-state index is -0.150. The fraction of sp³-hybridized carbons (Fsp3) is 0.333. The van der Waals surface area contributed by atoms with Gasteiger partial charge in [-0.05, 0) is 31.2 Å². The van der Waals surface area contributed by atoms with Crippen molar-refractivity contribution in [2.75, 3.05) is 37.6 Å². The van der Waals surface area contributed by atoms with E-state index in [-0.39, 0.29) is 11.9 Å². The summed E-state index contributed by atoms with van der Waals surface area (Å²) < 4.78 is 1.71. The first-order valence-electron chi connectivity index (χ1n) is 9.85. The van der Waals surface area contributed by atoms with Crippen LogP contribution < -0.4 is 10.2 Å². The number of carbonyl (C=O) groups is 1. The Hall–Kier alpha value is -3.26. The number of aromatic nitrogens is 4. The summed E-state index contributed by atoms with van der Waals surface area (Å²) in [6.45, 7) is 6.42. The zero-order chi connectivity index (χ0) is 20.1. The largest absolute Gasteiger partial charge is 0.347 e. The topological polar surface area (TPSA) is 79.2 Å². The van der Waals surface area contributed by atoms with Crippen LogP contribution in [0.25, 0.3) is 5.69 Å². The molecule has 0 radical (unpaired) electrons. The molecule has 1 fully saturated rings. The maximum atomic E-state index is 12.5. The van der Waals surface area contributed by atoms with E-state index in [4.69, 9.17) is 0 Å². The molecule has 4 rings (SSSR count). The minimum absolute atomic E-state index is 0.0314. The summed E-state index contributed by atoms with van der Waals surface area (Å²) >= 11 is 0. The van der Waals surface area contributed by atoms with Crippen LogP contribution in [-0.2, 0) is 0 Å². The summed E-state index contributed by atoms with van der Waals surface area (Å²) in [6, 6.07) is 13.4. The van der Waals surface area contributed by atoms with Gasteiger partial charge in [0.1, 0.15) is 0 Å². The second-order valence-corrected chi connectivity index (χ2v) is 7.19. The van der Waals surface area contributed by atoms with Gasteiger partial charge in [-0.2, -0.15) is 5.10 Å². The smallest absolute Gasteiger partial charge is 0.272 e. The van der Waals surface area contributed by atoms with Crippen molar-refractivity contribution in [3.63, 3.8) is 0 Å². The van der Waals surface area contributed by atoms with Crippen molar-refractivity contribution in [2.24, 2.45) is 0 Å². The lowest BCUT2D eigenvalue weighted by Crippen LogP contribution is -2.51. The highest BCUT2D eigenvalue weighted by Gasteiger charge is 2.21. The molecule has 1 aliphatic heterocycles. The molecule has 3 heterocycles. The number of rotatable bonds is 6. The minimum Gasteiger partial charge on any atom is -0.347 e. The lowest BCUT2D eigenvalue weighted by atomic mass is 10.2. The van der Waals surface area contributed by atoms with Gasteiger partial charge in [-0.1, -0.05) is 18.2 Å². The molecule has 0 spiro atoms. The Morgan fingerprint density at radius 2 is 1.76 bits per heavy atom. The fourth-order valence-corrected chi connectivity index (χ4v) is 3.49. The van der Waals surface area contributed by atoms with Crippen molar-refractivity contribution in [3.05, 3.63) is 66.7 Å². The van der Waals surface area contributed by atoms with Gasteiger partial charge >= 0.3 is 0 Å². The van der Waals surface area contributed by atoms with E-state index in [1.807, 2.05) is 43.3 Å². The van der Waals surface area contributed by atoms with Crippen molar-refractivity contribution in [1.82, 2.24) is 30.0 Å². The number of amides is 1. The van der Waals surface area contributed by atoms with Crippen molar-refractivity contribution in [3.8, 4) is 5.69 Å². The van der Waals surface area contributed by atoms with Gasteiger partial charge in [-0.15, -0.1) is 0 Å². The van der Waals surface area contributed by atoms with E-state index in [0.29, 0.717) is 5.69 Å². The summed E-state index contributed by atoms with van der Waals surface area (Å²) in [6.07, 6.45) is 5.34. The number of carbonyl (C=O) groups excluding carboxylic acids is 1. The second kappa shape index (κ2) is 8.83. The first kappa shape index (κ1) is 19.1. The molecular weight excluding hydrogens is 366 g/mol. The zero-order valence-corrected chi connectivity index (χ0v) is 16.5. The lowest BCUT2D eigenvalue weighted by Gasteiger charge is -2.35. The maximum Gasteiger partial charge on any atom is 0.272 e. The van der Waals surface area contributed by atoms with Crippen LogP contribution in [-0.4, -0.2) is 69.3 Å². The molecule has 1 saturated heterocycles. The number of hydrogen-bond acceptors (Lipinski definition) is 6. The Morgan fingerprint density at radius 3 is 2.48 bits per heavy atom. The number of nitrogens with one attached hydrogen (secondary N) is 1. The van der Waals surface area contributed by atoms with E-state index in [1.54, 1.807) is 29.3 Å². The summed E-state index contributed by atoms with van der Waals surface area (Å²) in [5.74, 6) is 0.631. The van der Waals surface area contributed by atoms with Crippen molar-refractivity contribution < 1.29 is 4.79 Å². The highest BCUT2D eigenvalue weighted by Crippen LogP contribution is 2.10. The Labute approximate surface area is 170 Å². The van der Waals surface area contributed by atoms with Crippen molar-refractivity contribution in [1.29, 1.82) is 0 Å². The van der Waals surface area contributed by atoms with Crippen LogP contribution in [0.2, 0.25) is 0 Å². The Bertz CT molecular complexity index is 920. The molecule has 8 heteroatoms. The highest BCUT2D eigenvalue weighted by atomic mass is 16.2. The molecule has 1 aromatic carbocycles. The standard InChI is InChI=1S/C21H25N7O/c1-17(16-26-12-14-27(15-13-26)21-22-9-5-10-23-21)24-20(29)19-8-11-28(25-19)18-6-3-2-4-7-18/h2-11,17H,12-16H2,1H3,(H,24,29). The molecule has 0 bridgehead atoms. The third-order valence-corrected chi connectivity index (χ3v) is 4.96. The first-order valence-corrected chi connectivity index (χ1v) is 9.85. The summed E-state index contributed by atoms with van der Waals surface area (Å²) in [4.78, 5) is 25.7. The molecule has 1 amide bonds. The van der Waals surface area contributed by atoms with Gasteiger partial charge in [0.2, 0.25) is 5.95 Å². The highest BCUT2D eigenvalue weighted by molar-refractivity contribution is 5.92. The van der Waals surface area contributed by atoms with Gasteiger partial charge in [0.05, 0.1) is 5.69 Å². The molecule has 8 nitrogen and oxygen atoms in total. The Balaban J connectivity index is 1.26. The lowest BCUT2D eigenvalue weighted by molar-refractivity contribution is 0.0922. The normalized spacial score (nSPS) is 15.8. The van der Waals surface area contributed by atoms with Crippen LogP contribution in [0.5, 0.6) is 0 Å². The van der Waals surface area contributed by atoms with Crippen LogP contribution >= 0.6 is 0 Å². The third kappa shape index (κ3) is 4.78. The Kier molecular flexibility index (Phi) is 5.81. The molecule has 0 saturated carbocycles. The summed E-state index contributed by atoms with van der Waals surface area (Å²) in [5, 5.41) is 7.45. The van der Waals surface area contributed by atoms with Crippen LogP contribution in [0, 0.1) is 0 Å². The second-order valence-electron chi connectivity index (χ2n) is 7.19. The molecule has 1 aliphatic rings.